The maximum atomic E-state index is 12.3. The summed E-state index contributed by atoms with van der Waals surface area (Å²) in [6.45, 7) is 3.86. The lowest BCUT2D eigenvalue weighted by Crippen LogP contribution is -2.44. The van der Waals surface area contributed by atoms with Crippen molar-refractivity contribution in [2.24, 2.45) is 5.41 Å². The Morgan fingerprint density at radius 2 is 2.24 bits per heavy atom. The summed E-state index contributed by atoms with van der Waals surface area (Å²) < 4.78 is 0. The summed E-state index contributed by atoms with van der Waals surface area (Å²) in [7, 11) is 0. The summed E-state index contributed by atoms with van der Waals surface area (Å²) in [5, 5.41) is 3.99. The van der Waals surface area contributed by atoms with E-state index in [4.69, 9.17) is 11.6 Å². The lowest BCUT2D eigenvalue weighted by molar-refractivity contribution is -0.128. The van der Waals surface area contributed by atoms with Crippen molar-refractivity contribution in [1.82, 2.24) is 5.32 Å². The summed E-state index contributed by atoms with van der Waals surface area (Å²) >= 11 is 6.08. The van der Waals surface area contributed by atoms with Gasteiger partial charge in [-0.25, -0.2) is 0 Å². The first-order valence-corrected chi connectivity index (χ1v) is 6.47. The monoisotopic (exact) mass is 251 g/mol. The van der Waals surface area contributed by atoms with Crippen molar-refractivity contribution >= 4 is 17.4 Å². The van der Waals surface area contributed by atoms with Crippen LogP contribution in [0.2, 0.25) is 5.02 Å². The Hall–Kier alpha value is -0.860. The van der Waals surface area contributed by atoms with E-state index in [2.05, 4.69) is 12.2 Å². The number of rotatable bonds is 3. The van der Waals surface area contributed by atoms with E-state index in [0.717, 1.165) is 31.5 Å². The summed E-state index contributed by atoms with van der Waals surface area (Å²) in [4.78, 5) is 12.3. The Labute approximate surface area is 107 Å². The zero-order valence-electron chi connectivity index (χ0n) is 10.1. The molecule has 1 aliphatic heterocycles. The third-order valence-corrected chi connectivity index (χ3v) is 3.95. The van der Waals surface area contributed by atoms with E-state index < -0.39 is 0 Å². The predicted octanol–water partition coefficient (Wildman–Crippen LogP) is 2.84. The van der Waals surface area contributed by atoms with Gasteiger partial charge in [-0.15, -0.1) is 0 Å². The number of piperidine rings is 1. The minimum atomic E-state index is -0.225. The molecule has 0 radical (unpaired) electrons. The SMILES string of the molecule is CC1(C(=O)Cc2ccccc2Cl)CCCNC1. The Kier molecular flexibility index (Phi) is 3.85. The Balaban J connectivity index is 2.08. The van der Waals surface area contributed by atoms with Gasteiger partial charge < -0.3 is 5.32 Å². The summed E-state index contributed by atoms with van der Waals surface area (Å²) in [6.07, 6.45) is 2.49. The smallest absolute Gasteiger partial charge is 0.144 e. The average Bonchev–Trinajstić information content (AvgIpc) is 2.33. The predicted molar refractivity (Wildman–Crippen MR) is 70.4 cm³/mol. The molecule has 1 aromatic carbocycles. The van der Waals surface area contributed by atoms with Crippen LogP contribution in [0.3, 0.4) is 0 Å². The van der Waals surface area contributed by atoms with E-state index >= 15 is 0 Å². The molecule has 0 spiro atoms. The number of halogens is 1. The van der Waals surface area contributed by atoms with Gasteiger partial charge in [-0.05, 0) is 31.0 Å². The normalized spacial score (nSPS) is 24.6. The van der Waals surface area contributed by atoms with Crippen molar-refractivity contribution < 1.29 is 4.79 Å². The molecule has 3 heteroatoms. The number of Topliss-reactive ketones (excluding diaryl/α,β-unsaturated/α-hetero) is 1. The van der Waals surface area contributed by atoms with Crippen LogP contribution in [0.4, 0.5) is 0 Å². The molecular weight excluding hydrogens is 234 g/mol. The minimum absolute atomic E-state index is 0.225. The molecule has 1 heterocycles. The Morgan fingerprint density at radius 3 is 2.88 bits per heavy atom. The topological polar surface area (TPSA) is 29.1 Å². The summed E-state index contributed by atoms with van der Waals surface area (Å²) in [5.41, 5.74) is 0.711. The quantitative estimate of drug-likeness (QED) is 0.895. The number of ketones is 1. The molecular formula is C14H18ClNO. The van der Waals surface area contributed by atoms with Crippen molar-refractivity contribution in [3.05, 3.63) is 34.9 Å². The first kappa shape index (κ1) is 12.6. The molecule has 2 rings (SSSR count). The second kappa shape index (κ2) is 5.19. The zero-order valence-corrected chi connectivity index (χ0v) is 10.9. The van der Waals surface area contributed by atoms with E-state index in [1.165, 1.54) is 0 Å². The van der Waals surface area contributed by atoms with Gasteiger partial charge in [-0.1, -0.05) is 36.7 Å². The number of hydrogen-bond donors (Lipinski definition) is 1. The van der Waals surface area contributed by atoms with Crippen molar-refractivity contribution in [3.63, 3.8) is 0 Å². The molecule has 0 aliphatic carbocycles. The van der Waals surface area contributed by atoms with Crippen molar-refractivity contribution in [1.29, 1.82) is 0 Å². The molecule has 0 saturated carbocycles. The average molecular weight is 252 g/mol. The number of carbonyl (C=O) groups excluding carboxylic acids is 1. The van der Waals surface area contributed by atoms with E-state index in [1.807, 2.05) is 24.3 Å². The van der Waals surface area contributed by atoms with Crippen LogP contribution >= 0.6 is 11.6 Å². The summed E-state index contributed by atoms with van der Waals surface area (Å²) in [5.74, 6) is 0.290. The molecule has 1 N–H and O–H groups in total. The lowest BCUT2D eigenvalue weighted by Gasteiger charge is -2.32. The number of carbonyl (C=O) groups is 1. The van der Waals surface area contributed by atoms with E-state index in [1.54, 1.807) is 0 Å². The van der Waals surface area contributed by atoms with Crippen LogP contribution in [0.25, 0.3) is 0 Å². The summed E-state index contributed by atoms with van der Waals surface area (Å²) in [6, 6.07) is 7.58. The highest BCUT2D eigenvalue weighted by Gasteiger charge is 2.34. The first-order chi connectivity index (χ1) is 8.12. The number of benzene rings is 1. The van der Waals surface area contributed by atoms with E-state index in [9.17, 15) is 4.79 Å². The largest absolute Gasteiger partial charge is 0.316 e. The lowest BCUT2D eigenvalue weighted by atomic mass is 9.77. The molecule has 0 amide bonds. The second-order valence-corrected chi connectivity index (χ2v) is 5.44. The fraction of sp³-hybridized carbons (Fsp3) is 0.500. The fourth-order valence-corrected chi connectivity index (χ4v) is 2.52. The minimum Gasteiger partial charge on any atom is -0.316 e. The van der Waals surface area contributed by atoms with Crippen molar-refractivity contribution in [2.75, 3.05) is 13.1 Å². The maximum Gasteiger partial charge on any atom is 0.144 e. The third-order valence-electron chi connectivity index (χ3n) is 3.58. The van der Waals surface area contributed by atoms with Crippen LogP contribution in [-0.4, -0.2) is 18.9 Å². The molecule has 1 aromatic rings. The molecule has 0 bridgehead atoms. The van der Waals surface area contributed by atoms with Crippen LogP contribution in [0.5, 0.6) is 0 Å². The molecule has 1 fully saturated rings. The van der Waals surface area contributed by atoms with Crippen LogP contribution in [0.1, 0.15) is 25.3 Å². The standard InChI is InChI=1S/C14H18ClNO/c1-14(7-4-8-16-10-14)13(17)9-11-5-2-3-6-12(11)15/h2-3,5-6,16H,4,7-10H2,1H3. The molecule has 2 nitrogen and oxygen atoms in total. The number of hydrogen-bond acceptors (Lipinski definition) is 2. The molecule has 92 valence electrons. The van der Waals surface area contributed by atoms with Gasteiger partial charge in [0.25, 0.3) is 0 Å². The van der Waals surface area contributed by atoms with E-state index in [-0.39, 0.29) is 11.2 Å². The molecule has 1 aliphatic rings. The van der Waals surface area contributed by atoms with Gasteiger partial charge in [0.05, 0.1) is 0 Å². The highest BCUT2D eigenvalue weighted by atomic mass is 35.5. The van der Waals surface area contributed by atoms with Gasteiger partial charge in [0.2, 0.25) is 0 Å². The third kappa shape index (κ3) is 2.88. The highest BCUT2D eigenvalue weighted by molar-refractivity contribution is 6.31. The maximum absolute atomic E-state index is 12.3. The van der Waals surface area contributed by atoms with Crippen LogP contribution in [0, 0.1) is 5.41 Å². The van der Waals surface area contributed by atoms with E-state index in [0.29, 0.717) is 11.4 Å². The highest BCUT2D eigenvalue weighted by Crippen LogP contribution is 2.29. The molecule has 0 aromatic heterocycles. The zero-order chi connectivity index (χ0) is 12.3. The number of nitrogens with one attached hydrogen (secondary N) is 1. The second-order valence-electron chi connectivity index (χ2n) is 5.03. The van der Waals surface area contributed by atoms with Gasteiger partial charge in [0.15, 0.2) is 0 Å². The van der Waals surface area contributed by atoms with Crippen LogP contribution in [-0.2, 0) is 11.2 Å². The Bertz CT molecular complexity index is 410. The first-order valence-electron chi connectivity index (χ1n) is 6.09. The van der Waals surface area contributed by atoms with Crippen LogP contribution in [0.15, 0.2) is 24.3 Å². The molecule has 17 heavy (non-hydrogen) atoms. The van der Waals surface area contributed by atoms with Gasteiger partial charge in [-0.2, -0.15) is 0 Å². The fourth-order valence-electron chi connectivity index (χ4n) is 2.32. The molecule has 1 atom stereocenters. The van der Waals surface area contributed by atoms with Crippen LogP contribution < -0.4 is 5.32 Å². The van der Waals surface area contributed by atoms with Gasteiger partial charge in [0.1, 0.15) is 5.78 Å². The molecule has 1 saturated heterocycles. The van der Waals surface area contributed by atoms with Gasteiger partial charge in [-0.3, -0.25) is 4.79 Å². The van der Waals surface area contributed by atoms with Crippen molar-refractivity contribution in [2.45, 2.75) is 26.2 Å². The Morgan fingerprint density at radius 1 is 1.47 bits per heavy atom. The van der Waals surface area contributed by atoms with Gasteiger partial charge in [0, 0.05) is 23.4 Å². The van der Waals surface area contributed by atoms with Gasteiger partial charge >= 0.3 is 0 Å². The molecule has 1 unspecified atom stereocenters. The van der Waals surface area contributed by atoms with Crippen molar-refractivity contribution in [3.8, 4) is 0 Å².